The fourth-order valence-electron chi connectivity index (χ4n) is 3.26. The molecule has 3 rings (SSSR count). The normalized spacial score (nSPS) is 13.9. The van der Waals surface area contributed by atoms with E-state index in [9.17, 15) is 0 Å². The highest BCUT2D eigenvalue weighted by atomic mass is 15.1. The summed E-state index contributed by atoms with van der Waals surface area (Å²) in [4.78, 5) is 16.1. The molecule has 4 heteroatoms. The molecule has 0 spiro atoms. The standard InChI is InChI=1S/C23H28N4.C4H10/c1-15(2)26-23-14-25-22(11-16(23)3)17(4)21-12-20(13-24-18(21)5)19-7-9-27(6)10-8-19;1-4(2)3/h7,11-14H,4,8-10H2,1-3,5-6H3;4H,1-3H3. The third-order valence-corrected chi connectivity index (χ3v) is 4.93. The molecule has 0 amide bonds. The molecule has 0 radical (unpaired) electrons. The number of aromatic nitrogens is 2. The van der Waals surface area contributed by atoms with Gasteiger partial charge < -0.3 is 4.90 Å². The number of aryl methyl sites for hydroxylation is 2. The Morgan fingerprint density at radius 3 is 2.32 bits per heavy atom. The van der Waals surface area contributed by atoms with Crippen LogP contribution >= 0.6 is 0 Å². The lowest BCUT2D eigenvalue weighted by Gasteiger charge is -2.22. The molecule has 0 N–H and O–H groups in total. The van der Waals surface area contributed by atoms with E-state index >= 15 is 0 Å². The summed E-state index contributed by atoms with van der Waals surface area (Å²) >= 11 is 0. The number of hydrogen-bond acceptors (Lipinski definition) is 4. The molecule has 0 unspecified atom stereocenters. The van der Waals surface area contributed by atoms with Gasteiger partial charge in [-0.15, -0.1) is 0 Å². The zero-order valence-corrected chi connectivity index (χ0v) is 20.6. The van der Waals surface area contributed by atoms with Gasteiger partial charge in [-0.25, -0.2) is 0 Å². The maximum Gasteiger partial charge on any atom is 0.0841 e. The van der Waals surface area contributed by atoms with Gasteiger partial charge in [0.25, 0.3) is 0 Å². The van der Waals surface area contributed by atoms with E-state index in [2.05, 4.69) is 79.4 Å². The lowest BCUT2D eigenvalue weighted by atomic mass is 9.95. The number of aliphatic imine (C=N–C) groups is 1. The molecule has 0 atom stereocenters. The summed E-state index contributed by atoms with van der Waals surface area (Å²) in [6, 6.07) is 4.27. The van der Waals surface area contributed by atoms with E-state index in [-0.39, 0.29) is 0 Å². The van der Waals surface area contributed by atoms with Crippen molar-refractivity contribution in [1.82, 2.24) is 14.9 Å². The second kappa shape index (κ2) is 11.1. The Labute approximate surface area is 188 Å². The SMILES string of the molecule is C=C(c1cc(C)c(N=C(C)C)cn1)c1cc(C2=CCN(C)CC2)cnc1C.CC(C)C. The third-order valence-electron chi connectivity index (χ3n) is 4.93. The van der Waals surface area contributed by atoms with Crippen LogP contribution in [0.3, 0.4) is 0 Å². The van der Waals surface area contributed by atoms with Crippen LogP contribution in [0.1, 0.15) is 69.1 Å². The number of rotatable bonds is 4. The van der Waals surface area contributed by atoms with Crippen LogP contribution < -0.4 is 0 Å². The molecule has 0 aromatic carbocycles. The first-order valence-corrected chi connectivity index (χ1v) is 11.1. The predicted molar refractivity (Wildman–Crippen MR) is 135 cm³/mol. The molecule has 2 aromatic heterocycles. The summed E-state index contributed by atoms with van der Waals surface area (Å²) in [5.74, 6) is 0.833. The summed E-state index contributed by atoms with van der Waals surface area (Å²) < 4.78 is 0. The van der Waals surface area contributed by atoms with Crippen LogP contribution in [-0.4, -0.2) is 40.7 Å². The van der Waals surface area contributed by atoms with Gasteiger partial charge in [0.1, 0.15) is 0 Å². The van der Waals surface area contributed by atoms with Crippen molar-refractivity contribution in [3.05, 3.63) is 65.3 Å². The minimum Gasteiger partial charge on any atom is -0.302 e. The van der Waals surface area contributed by atoms with Crippen molar-refractivity contribution >= 4 is 22.5 Å². The zero-order chi connectivity index (χ0) is 23.1. The highest BCUT2D eigenvalue weighted by Gasteiger charge is 2.14. The van der Waals surface area contributed by atoms with Gasteiger partial charge in [-0.1, -0.05) is 33.4 Å². The minimum absolute atomic E-state index is 0.833. The Hall–Kier alpha value is -2.59. The molecule has 31 heavy (non-hydrogen) atoms. The monoisotopic (exact) mass is 418 g/mol. The number of likely N-dealkylation sites (N-methyl/N-ethyl adjacent to an activating group) is 1. The minimum atomic E-state index is 0.833. The van der Waals surface area contributed by atoms with Crippen molar-refractivity contribution in [3.8, 4) is 0 Å². The highest BCUT2D eigenvalue weighted by molar-refractivity contribution is 5.83. The van der Waals surface area contributed by atoms with E-state index in [1.807, 2.05) is 33.2 Å². The van der Waals surface area contributed by atoms with Crippen LogP contribution in [0.5, 0.6) is 0 Å². The first-order chi connectivity index (χ1) is 14.6. The first kappa shape index (κ1) is 24.7. The van der Waals surface area contributed by atoms with Gasteiger partial charge in [0.15, 0.2) is 0 Å². The van der Waals surface area contributed by atoms with Crippen molar-refractivity contribution in [2.75, 3.05) is 20.1 Å². The topological polar surface area (TPSA) is 41.4 Å². The van der Waals surface area contributed by atoms with E-state index in [0.29, 0.717) is 0 Å². The summed E-state index contributed by atoms with van der Waals surface area (Å²) in [6.07, 6.45) is 7.15. The van der Waals surface area contributed by atoms with Crippen molar-refractivity contribution in [2.24, 2.45) is 10.9 Å². The highest BCUT2D eigenvalue weighted by Crippen LogP contribution is 2.29. The van der Waals surface area contributed by atoms with Gasteiger partial charge in [0, 0.05) is 41.8 Å². The third kappa shape index (κ3) is 7.25. The summed E-state index contributed by atoms with van der Waals surface area (Å²) in [7, 11) is 2.15. The van der Waals surface area contributed by atoms with Gasteiger partial charge in [-0.2, -0.15) is 0 Å². The lowest BCUT2D eigenvalue weighted by Crippen LogP contribution is -2.23. The molecule has 2 aromatic rings. The van der Waals surface area contributed by atoms with E-state index in [4.69, 9.17) is 0 Å². The molecule has 0 saturated carbocycles. The van der Waals surface area contributed by atoms with Crippen molar-refractivity contribution in [3.63, 3.8) is 0 Å². The van der Waals surface area contributed by atoms with E-state index in [1.165, 1.54) is 11.1 Å². The summed E-state index contributed by atoms with van der Waals surface area (Å²) in [5.41, 5.74) is 9.39. The van der Waals surface area contributed by atoms with Crippen LogP contribution in [0.4, 0.5) is 5.69 Å². The van der Waals surface area contributed by atoms with Gasteiger partial charge in [0.05, 0.1) is 17.6 Å². The van der Waals surface area contributed by atoms with Gasteiger partial charge in [0.2, 0.25) is 0 Å². The van der Waals surface area contributed by atoms with Crippen LogP contribution in [0, 0.1) is 19.8 Å². The maximum absolute atomic E-state index is 4.63. The van der Waals surface area contributed by atoms with E-state index in [1.54, 1.807) is 0 Å². The Bertz CT molecular complexity index is 976. The van der Waals surface area contributed by atoms with Crippen LogP contribution in [0.15, 0.2) is 42.2 Å². The molecule has 4 nitrogen and oxygen atoms in total. The zero-order valence-electron chi connectivity index (χ0n) is 20.6. The molecule has 3 heterocycles. The predicted octanol–water partition coefficient (Wildman–Crippen LogP) is 6.65. The second-order valence-corrected chi connectivity index (χ2v) is 9.22. The molecular formula is C27H38N4. The van der Waals surface area contributed by atoms with Crippen molar-refractivity contribution in [1.29, 1.82) is 0 Å². The van der Waals surface area contributed by atoms with Crippen molar-refractivity contribution < 1.29 is 0 Å². The van der Waals surface area contributed by atoms with Crippen molar-refractivity contribution in [2.45, 2.75) is 54.9 Å². The Morgan fingerprint density at radius 2 is 1.77 bits per heavy atom. The quantitative estimate of drug-likeness (QED) is 0.522. The fraction of sp³-hybridized carbons (Fsp3) is 0.444. The lowest BCUT2D eigenvalue weighted by molar-refractivity contribution is 0.370. The molecule has 0 aliphatic carbocycles. The average Bonchev–Trinajstić information content (AvgIpc) is 2.69. The average molecular weight is 419 g/mol. The number of hydrogen-bond donors (Lipinski definition) is 0. The molecule has 0 bridgehead atoms. The van der Waals surface area contributed by atoms with Gasteiger partial charge >= 0.3 is 0 Å². The van der Waals surface area contributed by atoms with Crippen LogP contribution in [0.2, 0.25) is 0 Å². The summed E-state index contributed by atoms with van der Waals surface area (Å²) in [6.45, 7) is 21.0. The van der Waals surface area contributed by atoms with E-state index in [0.717, 1.165) is 64.9 Å². The number of pyridine rings is 2. The molecule has 166 valence electrons. The summed E-state index contributed by atoms with van der Waals surface area (Å²) in [5, 5.41) is 0. The molecular weight excluding hydrogens is 380 g/mol. The maximum atomic E-state index is 4.63. The molecule has 0 fully saturated rings. The fourth-order valence-corrected chi connectivity index (χ4v) is 3.26. The van der Waals surface area contributed by atoms with Crippen LogP contribution in [0.25, 0.3) is 11.1 Å². The Morgan fingerprint density at radius 1 is 1.10 bits per heavy atom. The molecule has 0 saturated heterocycles. The smallest absolute Gasteiger partial charge is 0.0841 e. The first-order valence-electron chi connectivity index (χ1n) is 11.1. The largest absolute Gasteiger partial charge is 0.302 e. The Kier molecular flexibility index (Phi) is 8.88. The second-order valence-electron chi connectivity index (χ2n) is 9.22. The Balaban J connectivity index is 0.000000785. The van der Waals surface area contributed by atoms with Gasteiger partial charge in [-0.3, -0.25) is 15.0 Å². The molecule has 1 aliphatic rings. The number of nitrogens with zero attached hydrogens (tertiary/aromatic N) is 4. The molecule has 1 aliphatic heterocycles. The van der Waals surface area contributed by atoms with E-state index < -0.39 is 0 Å². The van der Waals surface area contributed by atoms with Gasteiger partial charge in [-0.05, 0) is 75.9 Å². The van der Waals surface area contributed by atoms with Crippen LogP contribution in [-0.2, 0) is 0 Å².